The van der Waals surface area contributed by atoms with Crippen LogP contribution < -0.4 is 0 Å². The molecule has 0 heterocycles. The molecule has 0 aromatic carbocycles. The Balaban J connectivity index is 3.17. The van der Waals surface area contributed by atoms with Crippen LogP contribution >= 0.6 is 0 Å². The van der Waals surface area contributed by atoms with Gasteiger partial charge in [-0.15, -0.1) is 0 Å². The van der Waals surface area contributed by atoms with E-state index >= 15 is 0 Å². The molecule has 8 heteroatoms. The number of hydrogen-bond acceptors (Lipinski definition) is 8. The van der Waals surface area contributed by atoms with Crippen molar-refractivity contribution in [1.82, 2.24) is 0 Å². The molecule has 0 unspecified atom stereocenters. The molecule has 0 aliphatic heterocycles. The van der Waals surface area contributed by atoms with Gasteiger partial charge in [0.2, 0.25) is 0 Å². The molecule has 0 bridgehead atoms. The van der Waals surface area contributed by atoms with E-state index in [4.69, 9.17) is 18.9 Å². The van der Waals surface area contributed by atoms with Crippen molar-refractivity contribution in [1.29, 1.82) is 0 Å². The Morgan fingerprint density at radius 1 is 0.538 bits per heavy atom. The summed E-state index contributed by atoms with van der Waals surface area (Å²) in [6.45, 7) is 7.22. The molecule has 0 radical (unpaired) electrons. The van der Waals surface area contributed by atoms with Crippen molar-refractivity contribution in [3.05, 3.63) is 0 Å². The first-order chi connectivity index (χ1) is 12.4. The topological polar surface area (TPSA) is 105 Å². The second-order valence-corrected chi connectivity index (χ2v) is 5.91. The van der Waals surface area contributed by atoms with Gasteiger partial charge in [-0.05, 0) is 40.5 Å². The monoisotopic (exact) mass is 372 g/mol. The van der Waals surface area contributed by atoms with Gasteiger partial charge in [0.1, 0.15) is 0 Å². The predicted octanol–water partition coefficient (Wildman–Crippen LogP) is 1.50. The highest BCUT2D eigenvalue weighted by molar-refractivity contribution is 5.87. The fourth-order valence-electron chi connectivity index (χ4n) is 3.24. The van der Waals surface area contributed by atoms with E-state index < -0.39 is 47.5 Å². The minimum atomic E-state index is -0.867. The molecule has 1 fully saturated rings. The van der Waals surface area contributed by atoms with Crippen molar-refractivity contribution < 1.29 is 38.1 Å². The largest absolute Gasteiger partial charge is 0.466 e. The zero-order chi connectivity index (χ0) is 19.7. The Labute approximate surface area is 153 Å². The van der Waals surface area contributed by atoms with E-state index in [-0.39, 0.29) is 39.3 Å². The second kappa shape index (κ2) is 10.8. The van der Waals surface area contributed by atoms with Gasteiger partial charge in [-0.1, -0.05) is 0 Å². The minimum absolute atomic E-state index is 0.0232. The van der Waals surface area contributed by atoms with Gasteiger partial charge in [0.25, 0.3) is 0 Å². The molecule has 148 valence electrons. The number of hydrogen-bond donors (Lipinski definition) is 0. The van der Waals surface area contributed by atoms with E-state index in [0.717, 1.165) is 0 Å². The third kappa shape index (κ3) is 5.44. The average Bonchev–Trinajstić information content (AvgIpc) is 2.61. The molecular weight excluding hydrogens is 344 g/mol. The van der Waals surface area contributed by atoms with Gasteiger partial charge >= 0.3 is 23.9 Å². The average molecular weight is 372 g/mol. The fourth-order valence-corrected chi connectivity index (χ4v) is 3.24. The van der Waals surface area contributed by atoms with Gasteiger partial charge in [0, 0.05) is 0 Å². The summed E-state index contributed by atoms with van der Waals surface area (Å²) in [5, 5.41) is 0. The van der Waals surface area contributed by atoms with E-state index in [0.29, 0.717) is 0 Å². The lowest BCUT2D eigenvalue weighted by atomic mass is 9.68. The van der Waals surface area contributed by atoms with Crippen molar-refractivity contribution in [2.45, 2.75) is 40.5 Å². The van der Waals surface area contributed by atoms with Crippen LogP contribution in [0.25, 0.3) is 0 Å². The van der Waals surface area contributed by atoms with Crippen LogP contribution in [0.5, 0.6) is 0 Å². The Kier molecular flexibility index (Phi) is 9.09. The lowest BCUT2D eigenvalue weighted by Gasteiger charge is -2.36. The molecule has 1 aliphatic rings. The van der Waals surface area contributed by atoms with Crippen molar-refractivity contribution in [2.24, 2.45) is 23.7 Å². The summed E-state index contributed by atoms with van der Waals surface area (Å²) in [6.07, 6.45) is -0.0464. The molecular formula is C18H28O8. The van der Waals surface area contributed by atoms with Crippen molar-refractivity contribution >= 4 is 23.9 Å². The van der Waals surface area contributed by atoms with Crippen LogP contribution in [0.1, 0.15) is 40.5 Å². The highest BCUT2D eigenvalue weighted by Crippen LogP contribution is 2.41. The normalized spacial score (nSPS) is 25.1. The quantitative estimate of drug-likeness (QED) is 0.466. The first kappa shape index (κ1) is 21.9. The van der Waals surface area contributed by atoms with Crippen LogP contribution in [-0.2, 0) is 38.1 Å². The van der Waals surface area contributed by atoms with Crippen LogP contribution in [0.3, 0.4) is 0 Å². The maximum atomic E-state index is 12.3. The van der Waals surface area contributed by atoms with Crippen molar-refractivity contribution in [3.8, 4) is 0 Å². The zero-order valence-electron chi connectivity index (χ0n) is 15.8. The lowest BCUT2D eigenvalue weighted by Crippen LogP contribution is -2.46. The number of carbonyl (C=O) groups excluding carboxylic acids is 4. The zero-order valence-corrected chi connectivity index (χ0v) is 15.8. The van der Waals surface area contributed by atoms with E-state index in [2.05, 4.69) is 0 Å². The molecule has 0 aromatic rings. The molecule has 1 aliphatic carbocycles. The summed E-state index contributed by atoms with van der Waals surface area (Å²) in [7, 11) is 0. The number of ether oxygens (including phenoxy) is 4. The summed E-state index contributed by atoms with van der Waals surface area (Å²) in [4.78, 5) is 49.4. The third-order valence-electron chi connectivity index (χ3n) is 4.34. The molecule has 0 amide bonds. The fraction of sp³-hybridized carbons (Fsp3) is 0.778. The molecule has 1 rings (SSSR count). The minimum Gasteiger partial charge on any atom is -0.466 e. The third-order valence-corrected chi connectivity index (χ3v) is 4.34. The molecule has 0 N–H and O–H groups in total. The van der Waals surface area contributed by atoms with Gasteiger partial charge in [-0.3, -0.25) is 19.2 Å². The smallest absolute Gasteiger partial charge is 0.309 e. The van der Waals surface area contributed by atoms with E-state index in [9.17, 15) is 19.2 Å². The van der Waals surface area contributed by atoms with Gasteiger partial charge in [-0.2, -0.15) is 0 Å². The standard InChI is InChI=1S/C18H28O8/c1-5-23-15(19)11-9-13(17(21)25-7-3)14(18(22)26-8-4)10-12(11)16(20)24-6-2/h11-14H,5-10H2,1-4H3/t11-,12-,13+,14+. The highest BCUT2D eigenvalue weighted by Gasteiger charge is 2.50. The van der Waals surface area contributed by atoms with Gasteiger partial charge < -0.3 is 18.9 Å². The summed E-state index contributed by atoms with van der Waals surface area (Å²) < 4.78 is 20.2. The highest BCUT2D eigenvalue weighted by atomic mass is 16.5. The maximum absolute atomic E-state index is 12.3. The van der Waals surface area contributed by atoms with Crippen LogP contribution in [-0.4, -0.2) is 50.3 Å². The van der Waals surface area contributed by atoms with Crippen LogP contribution in [0.2, 0.25) is 0 Å². The first-order valence-electron chi connectivity index (χ1n) is 9.07. The summed E-state index contributed by atoms with van der Waals surface area (Å²) >= 11 is 0. The number of esters is 4. The van der Waals surface area contributed by atoms with Crippen LogP contribution in [0.15, 0.2) is 0 Å². The Bertz CT molecular complexity index is 425. The first-order valence-corrected chi connectivity index (χ1v) is 9.07. The number of rotatable bonds is 8. The molecule has 0 aromatic heterocycles. The van der Waals surface area contributed by atoms with E-state index in [1.54, 1.807) is 27.7 Å². The molecule has 4 atom stereocenters. The predicted molar refractivity (Wildman–Crippen MR) is 89.7 cm³/mol. The molecule has 0 spiro atoms. The molecule has 26 heavy (non-hydrogen) atoms. The van der Waals surface area contributed by atoms with Gasteiger partial charge in [0.05, 0.1) is 50.1 Å². The van der Waals surface area contributed by atoms with Crippen LogP contribution in [0.4, 0.5) is 0 Å². The second-order valence-electron chi connectivity index (χ2n) is 5.91. The van der Waals surface area contributed by atoms with E-state index in [1.165, 1.54) is 0 Å². The van der Waals surface area contributed by atoms with Crippen molar-refractivity contribution in [2.75, 3.05) is 26.4 Å². The maximum Gasteiger partial charge on any atom is 0.309 e. The molecule has 0 saturated heterocycles. The molecule has 8 nitrogen and oxygen atoms in total. The van der Waals surface area contributed by atoms with Gasteiger partial charge in [0.15, 0.2) is 0 Å². The summed E-state index contributed by atoms with van der Waals surface area (Å²) in [6, 6.07) is 0. The van der Waals surface area contributed by atoms with Gasteiger partial charge in [-0.25, -0.2) is 0 Å². The SMILES string of the molecule is CCOC(=O)[C@H]1C[C@@H](C(=O)OCC)[C@H](C(=O)OCC)C[C@@H]1C(=O)OCC. The van der Waals surface area contributed by atoms with E-state index in [1.807, 2.05) is 0 Å². The Morgan fingerprint density at radius 3 is 0.885 bits per heavy atom. The number of carbonyl (C=O) groups is 4. The Hall–Kier alpha value is -2.12. The summed E-state index contributed by atoms with van der Waals surface area (Å²) in [5.41, 5.74) is 0. The van der Waals surface area contributed by atoms with Crippen molar-refractivity contribution in [3.63, 3.8) is 0 Å². The molecule has 1 saturated carbocycles. The Morgan fingerprint density at radius 2 is 0.731 bits per heavy atom. The lowest BCUT2D eigenvalue weighted by molar-refractivity contribution is -0.175. The van der Waals surface area contributed by atoms with Crippen LogP contribution in [0, 0.1) is 23.7 Å². The summed E-state index contributed by atoms with van der Waals surface area (Å²) in [5.74, 6) is -5.79.